The van der Waals surface area contributed by atoms with Crippen LogP contribution in [0.5, 0.6) is 0 Å². The van der Waals surface area contributed by atoms with Crippen molar-refractivity contribution in [3.8, 4) is 9.88 Å². The van der Waals surface area contributed by atoms with Crippen molar-refractivity contribution in [2.75, 3.05) is 6.54 Å². The molecule has 0 saturated carbocycles. The molecule has 0 fully saturated rings. The summed E-state index contributed by atoms with van der Waals surface area (Å²) in [7, 11) is 0. The van der Waals surface area contributed by atoms with Crippen LogP contribution in [-0.4, -0.2) is 28.5 Å². The third-order valence-corrected chi connectivity index (χ3v) is 5.36. The Hall–Kier alpha value is -1.44. The van der Waals surface area contributed by atoms with Crippen LogP contribution in [0.1, 0.15) is 31.4 Å². The summed E-state index contributed by atoms with van der Waals surface area (Å²) in [5.74, 6) is -0.843. The molecule has 2 rings (SSSR count). The molecule has 5 nitrogen and oxygen atoms in total. The van der Waals surface area contributed by atoms with E-state index in [0.29, 0.717) is 13.0 Å². The van der Waals surface area contributed by atoms with Gasteiger partial charge < -0.3 is 10.4 Å². The monoisotopic (exact) mass is 372 g/mol. The molecule has 1 amide bonds. The Morgan fingerprint density at radius 1 is 1.26 bits per heavy atom. The zero-order valence-electron chi connectivity index (χ0n) is 12.4. The van der Waals surface area contributed by atoms with E-state index in [2.05, 4.69) is 10.3 Å². The van der Waals surface area contributed by atoms with Crippen molar-refractivity contribution in [3.05, 3.63) is 27.5 Å². The van der Waals surface area contributed by atoms with Gasteiger partial charge in [-0.15, -0.1) is 22.7 Å². The Bertz CT molecular complexity index is 669. The average molecular weight is 373 g/mol. The Kier molecular flexibility index (Phi) is 7.01. The van der Waals surface area contributed by atoms with Gasteiger partial charge in [-0.2, -0.15) is 0 Å². The number of unbranched alkanes of at least 4 members (excludes halogenated alkanes) is 2. The lowest BCUT2D eigenvalue weighted by Crippen LogP contribution is -2.26. The van der Waals surface area contributed by atoms with E-state index in [1.165, 1.54) is 22.7 Å². The zero-order valence-corrected chi connectivity index (χ0v) is 14.8. The Balaban J connectivity index is 1.69. The van der Waals surface area contributed by atoms with Crippen LogP contribution in [0, 0.1) is 0 Å². The number of rotatable bonds is 9. The summed E-state index contributed by atoms with van der Waals surface area (Å²) < 4.78 is 0.720. The number of carbonyl (C=O) groups is 2. The summed E-state index contributed by atoms with van der Waals surface area (Å²) in [6, 6.07) is 3.76. The van der Waals surface area contributed by atoms with Gasteiger partial charge >= 0.3 is 5.97 Å². The van der Waals surface area contributed by atoms with Gasteiger partial charge in [0.2, 0.25) is 5.91 Å². The number of hydrogen-bond donors (Lipinski definition) is 2. The molecule has 0 atom stereocenters. The molecule has 2 N–H and O–H groups in total. The normalized spacial score (nSPS) is 10.7. The number of thiazole rings is 1. The van der Waals surface area contributed by atoms with Crippen molar-refractivity contribution in [2.24, 2.45) is 0 Å². The number of aromatic nitrogens is 1. The van der Waals surface area contributed by atoms with Gasteiger partial charge in [0.25, 0.3) is 0 Å². The molecule has 0 aliphatic rings. The van der Waals surface area contributed by atoms with E-state index in [1.807, 2.05) is 17.5 Å². The van der Waals surface area contributed by atoms with E-state index in [1.54, 1.807) is 0 Å². The molecule has 0 spiro atoms. The van der Waals surface area contributed by atoms with E-state index < -0.39 is 5.97 Å². The summed E-state index contributed by atoms with van der Waals surface area (Å²) >= 11 is 8.88. The van der Waals surface area contributed by atoms with Crippen molar-refractivity contribution in [1.82, 2.24) is 10.3 Å². The highest BCUT2D eigenvalue weighted by Crippen LogP contribution is 2.32. The van der Waals surface area contributed by atoms with Crippen molar-refractivity contribution in [3.63, 3.8) is 0 Å². The van der Waals surface area contributed by atoms with E-state index in [0.717, 1.165) is 32.8 Å². The number of carboxylic acid groups (broad SMARTS) is 1. The van der Waals surface area contributed by atoms with Crippen molar-refractivity contribution >= 4 is 46.2 Å². The third-order valence-electron chi connectivity index (χ3n) is 3.07. The number of carbonyl (C=O) groups excluding carboxylic acids is 1. The second-order valence-corrected chi connectivity index (χ2v) is 7.55. The highest BCUT2D eigenvalue weighted by Gasteiger charge is 2.10. The topological polar surface area (TPSA) is 79.3 Å². The molecular formula is C15H17ClN2O3S2. The van der Waals surface area contributed by atoms with Gasteiger partial charge in [0.05, 0.1) is 21.3 Å². The first kappa shape index (κ1) is 17.9. The van der Waals surface area contributed by atoms with Crippen LogP contribution in [0.25, 0.3) is 9.88 Å². The molecule has 0 aromatic carbocycles. The van der Waals surface area contributed by atoms with Gasteiger partial charge in [0.1, 0.15) is 5.01 Å². The van der Waals surface area contributed by atoms with Crippen molar-refractivity contribution in [2.45, 2.75) is 32.1 Å². The first-order valence-electron chi connectivity index (χ1n) is 7.23. The molecule has 0 aliphatic carbocycles. The fraction of sp³-hybridized carbons (Fsp3) is 0.400. The number of carboxylic acids is 1. The predicted octanol–water partition coefficient (Wildman–Crippen LogP) is 3.83. The van der Waals surface area contributed by atoms with Gasteiger partial charge in [-0.1, -0.05) is 18.0 Å². The van der Waals surface area contributed by atoms with Crippen LogP contribution in [0.4, 0.5) is 0 Å². The lowest BCUT2D eigenvalue weighted by molar-refractivity contribution is -0.137. The molecule has 2 aromatic rings. The number of amides is 1. The summed E-state index contributed by atoms with van der Waals surface area (Å²) in [5.41, 5.74) is 0.748. The minimum absolute atomic E-state index is 0.0655. The predicted molar refractivity (Wildman–Crippen MR) is 93.3 cm³/mol. The maximum absolute atomic E-state index is 11.8. The molecule has 23 heavy (non-hydrogen) atoms. The van der Waals surface area contributed by atoms with E-state index in [4.69, 9.17) is 16.7 Å². The lowest BCUT2D eigenvalue weighted by Gasteiger charge is -2.03. The number of nitrogens with one attached hydrogen (secondary N) is 1. The van der Waals surface area contributed by atoms with E-state index in [9.17, 15) is 9.59 Å². The largest absolute Gasteiger partial charge is 0.481 e. The summed E-state index contributed by atoms with van der Waals surface area (Å²) in [4.78, 5) is 27.7. The first-order chi connectivity index (χ1) is 11.0. The van der Waals surface area contributed by atoms with E-state index >= 15 is 0 Å². The molecule has 0 unspecified atom stereocenters. The summed E-state index contributed by atoms with van der Waals surface area (Å²) in [5, 5.41) is 14.1. The summed E-state index contributed by atoms with van der Waals surface area (Å²) in [6.45, 7) is 0.565. The number of hydrogen-bond acceptors (Lipinski definition) is 5. The minimum Gasteiger partial charge on any atom is -0.481 e. The number of thiophene rings is 1. The van der Waals surface area contributed by atoms with Gasteiger partial charge in [-0.3, -0.25) is 9.59 Å². The van der Waals surface area contributed by atoms with Gasteiger partial charge in [-0.25, -0.2) is 4.98 Å². The summed E-state index contributed by atoms with van der Waals surface area (Å²) in [6.07, 6.45) is 2.67. The zero-order chi connectivity index (χ0) is 16.7. The molecule has 0 radical (unpaired) electrons. The van der Waals surface area contributed by atoms with Crippen LogP contribution in [0.3, 0.4) is 0 Å². The van der Waals surface area contributed by atoms with Gasteiger partial charge in [0.15, 0.2) is 0 Å². The van der Waals surface area contributed by atoms with E-state index in [-0.39, 0.29) is 18.7 Å². The maximum atomic E-state index is 11.8. The average Bonchev–Trinajstić information content (AvgIpc) is 3.11. The molecule has 124 valence electrons. The molecular weight excluding hydrogens is 356 g/mol. The fourth-order valence-corrected chi connectivity index (χ4v) is 3.90. The van der Waals surface area contributed by atoms with Crippen LogP contribution >= 0.6 is 34.3 Å². The molecule has 2 aromatic heterocycles. The number of nitrogens with zero attached hydrogens (tertiary/aromatic N) is 1. The van der Waals surface area contributed by atoms with Crippen LogP contribution in [-0.2, 0) is 16.0 Å². The smallest absolute Gasteiger partial charge is 0.303 e. The highest BCUT2D eigenvalue weighted by molar-refractivity contribution is 7.23. The van der Waals surface area contributed by atoms with Gasteiger partial charge in [0, 0.05) is 18.3 Å². The molecule has 0 aliphatic heterocycles. The molecule has 0 saturated heterocycles. The minimum atomic E-state index is -0.777. The van der Waals surface area contributed by atoms with Crippen molar-refractivity contribution in [1.29, 1.82) is 0 Å². The molecule has 8 heteroatoms. The van der Waals surface area contributed by atoms with Crippen LogP contribution in [0.15, 0.2) is 17.5 Å². The lowest BCUT2D eigenvalue weighted by atomic mass is 10.2. The molecule has 0 bridgehead atoms. The second-order valence-electron chi connectivity index (χ2n) is 4.98. The highest BCUT2D eigenvalue weighted by atomic mass is 35.5. The Morgan fingerprint density at radius 2 is 2.09 bits per heavy atom. The fourth-order valence-electron chi connectivity index (χ4n) is 1.96. The standard InChI is InChI=1S/C15H17ClN2O3S2/c16-12-6-5-11(23-12)15-18-10(9-22-15)8-13(19)17-7-3-1-2-4-14(20)21/h5-6,9H,1-4,7-8H2,(H,17,19)(H,20,21). The quantitative estimate of drug-likeness (QED) is 0.655. The SMILES string of the molecule is O=C(O)CCCCCNC(=O)Cc1csc(-c2ccc(Cl)s2)n1. The Labute approximate surface area is 147 Å². The van der Waals surface area contributed by atoms with Gasteiger partial charge in [-0.05, 0) is 25.0 Å². The van der Waals surface area contributed by atoms with Crippen molar-refractivity contribution < 1.29 is 14.7 Å². The number of aliphatic carboxylic acids is 1. The number of halogens is 1. The maximum Gasteiger partial charge on any atom is 0.303 e. The Morgan fingerprint density at radius 3 is 2.78 bits per heavy atom. The third kappa shape index (κ3) is 6.29. The first-order valence-corrected chi connectivity index (χ1v) is 9.30. The second kappa shape index (κ2) is 9.00. The van der Waals surface area contributed by atoms with Crippen LogP contribution < -0.4 is 5.32 Å². The van der Waals surface area contributed by atoms with Crippen LogP contribution in [0.2, 0.25) is 4.34 Å². The molecule has 2 heterocycles.